The smallest absolute Gasteiger partial charge is 0.250 e. The number of thiophene rings is 1. The Hall–Kier alpha value is -3.06. The van der Waals surface area contributed by atoms with Crippen molar-refractivity contribution in [2.24, 2.45) is 0 Å². The lowest BCUT2D eigenvalue weighted by Gasteiger charge is -2.31. The van der Waals surface area contributed by atoms with Gasteiger partial charge in [-0.25, -0.2) is 0 Å². The van der Waals surface area contributed by atoms with Crippen molar-refractivity contribution < 1.29 is 18.7 Å². The van der Waals surface area contributed by atoms with Gasteiger partial charge in [0.15, 0.2) is 6.04 Å². The van der Waals surface area contributed by atoms with E-state index >= 15 is 0 Å². The van der Waals surface area contributed by atoms with Crippen LogP contribution in [-0.4, -0.2) is 29.9 Å². The standard InChI is InChI=1S/C26H30N2O4S/c1-18-9-14-23(32-18)25(26(30)27-20-6-3-4-7-20)28(24(29)16-22-8-5-15-33-22)17-19-10-12-21(31-2)13-11-19/h5,8-15,20,25H,3-4,6-7,16-17H2,1-2H3,(H,27,30)/t25-/m0/s1. The maximum absolute atomic E-state index is 13.6. The topological polar surface area (TPSA) is 71.8 Å². The van der Waals surface area contributed by atoms with Gasteiger partial charge in [0.05, 0.1) is 13.5 Å². The molecular weight excluding hydrogens is 436 g/mol. The van der Waals surface area contributed by atoms with Gasteiger partial charge >= 0.3 is 0 Å². The second-order valence-corrected chi connectivity index (χ2v) is 9.50. The lowest BCUT2D eigenvalue weighted by atomic mass is 10.1. The summed E-state index contributed by atoms with van der Waals surface area (Å²) in [6.45, 7) is 2.13. The van der Waals surface area contributed by atoms with E-state index in [0.29, 0.717) is 11.5 Å². The monoisotopic (exact) mass is 466 g/mol. The molecule has 1 aliphatic carbocycles. The van der Waals surface area contributed by atoms with Gasteiger partial charge in [-0.3, -0.25) is 9.59 Å². The summed E-state index contributed by atoms with van der Waals surface area (Å²) in [6, 6.07) is 14.4. The van der Waals surface area contributed by atoms with Gasteiger partial charge < -0.3 is 19.4 Å². The number of amides is 2. The van der Waals surface area contributed by atoms with Crippen LogP contribution >= 0.6 is 11.3 Å². The van der Waals surface area contributed by atoms with Gasteiger partial charge in [0, 0.05) is 17.5 Å². The molecular formula is C26H30N2O4S. The van der Waals surface area contributed by atoms with Crippen molar-refractivity contribution >= 4 is 23.2 Å². The Morgan fingerprint density at radius 3 is 2.52 bits per heavy atom. The number of nitrogens with zero attached hydrogens (tertiary/aromatic N) is 1. The Bertz CT molecular complexity index is 1050. The molecule has 1 fully saturated rings. The molecule has 7 heteroatoms. The highest BCUT2D eigenvalue weighted by Gasteiger charge is 2.35. The Balaban J connectivity index is 1.66. The molecule has 0 bridgehead atoms. The molecule has 1 atom stereocenters. The van der Waals surface area contributed by atoms with E-state index in [1.807, 2.05) is 54.8 Å². The van der Waals surface area contributed by atoms with E-state index in [4.69, 9.17) is 9.15 Å². The zero-order valence-corrected chi connectivity index (χ0v) is 19.9. The van der Waals surface area contributed by atoms with Crippen molar-refractivity contribution in [1.29, 1.82) is 0 Å². The average molecular weight is 467 g/mol. The molecule has 0 aliphatic heterocycles. The van der Waals surface area contributed by atoms with Crippen LogP contribution in [0.4, 0.5) is 0 Å². The second kappa shape index (κ2) is 10.7. The number of hydrogen-bond acceptors (Lipinski definition) is 5. The fourth-order valence-corrected chi connectivity index (χ4v) is 4.99. The number of benzene rings is 1. The summed E-state index contributed by atoms with van der Waals surface area (Å²) in [6.07, 6.45) is 4.40. The van der Waals surface area contributed by atoms with E-state index in [2.05, 4.69) is 5.32 Å². The van der Waals surface area contributed by atoms with Crippen LogP contribution in [0.1, 0.15) is 53.7 Å². The van der Waals surface area contributed by atoms with E-state index in [1.54, 1.807) is 18.1 Å². The van der Waals surface area contributed by atoms with E-state index in [-0.39, 0.29) is 30.8 Å². The Labute approximate surface area is 198 Å². The minimum Gasteiger partial charge on any atom is -0.497 e. The van der Waals surface area contributed by atoms with Crippen molar-refractivity contribution in [1.82, 2.24) is 10.2 Å². The average Bonchev–Trinajstić information content (AvgIpc) is 3.58. The fraction of sp³-hybridized carbons (Fsp3) is 0.385. The molecule has 4 rings (SSSR count). The van der Waals surface area contributed by atoms with Gasteiger partial charge in [0.2, 0.25) is 5.91 Å². The van der Waals surface area contributed by atoms with Gasteiger partial charge in [-0.15, -0.1) is 11.3 Å². The second-order valence-electron chi connectivity index (χ2n) is 8.47. The quantitative estimate of drug-likeness (QED) is 0.480. The molecule has 6 nitrogen and oxygen atoms in total. The van der Waals surface area contributed by atoms with Crippen LogP contribution in [0.3, 0.4) is 0 Å². The van der Waals surface area contributed by atoms with Crippen molar-refractivity contribution in [3.8, 4) is 5.75 Å². The van der Waals surface area contributed by atoms with E-state index < -0.39 is 6.04 Å². The van der Waals surface area contributed by atoms with Gasteiger partial charge in [0.1, 0.15) is 17.3 Å². The SMILES string of the molecule is COc1ccc(CN(C(=O)Cc2cccs2)[C@H](C(=O)NC2CCCC2)c2ccc(C)o2)cc1. The third-order valence-corrected chi connectivity index (χ3v) is 6.91. The summed E-state index contributed by atoms with van der Waals surface area (Å²) in [5.41, 5.74) is 0.914. The Kier molecular flexibility index (Phi) is 7.50. The Morgan fingerprint density at radius 1 is 1.15 bits per heavy atom. The molecule has 0 radical (unpaired) electrons. The minimum absolute atomic E-state index is 0.117. The maximum Gasteiger partial charge on any atom is 0.250 e. The molecule has 2 amide bonds. The van der Waals surface area contributed by atoms with Gasteiger partial charge in [0.25, 0.3) is 5.91 Å². The summed E-state index contributed by atoms with van der Waals surface area (Å²) in [5, 5.41) is 5.13. The largest absolute Gasteiger partial charge is 0.497 e. The zero-order valence-electron chi connectivity index (χ0n) is 19.1. The van der Waals surface area contributed by atoms with Crippen LogP contribution < -0.4 is 10.1 Å². The maximum atomic E-state index is 13.6. The molecule has 0 unspecified atom stereocenters. The van der Waals surface area contributed by atoms with Crippen LogP contribution in [0.5, 0.6) is 5.75 Å². The van der Waals surface area contributed by atoms with Crippen molar-refractivity contribution in [3.05, 3.63) is 75.9 Å². The molecule has 0 spiro atoms. The lowest BCUT2D eigenvalue weighted by Crippen LogP contribution is -2.46. The summed E-state index contributed by atoms with van der Waals surface area (Å²) in [4.78, 5) is 29.8. The predicted octanol–water partition coefficient (Wildman–Crippen LogP) is 5.03. The summed E-state index contributed by atoms with van der Waals surface area (Å²) in [5.74, 6) is 1.63. The number of carbonyl (C=O) groups excluding carboxylic acids is 2. The fourth-order valence-electron chi connectivity index (χ4n) is 4.29. The van der Waals surface area contributed by atoms with Crippen LogP contribution in [0.25, 0.3) is 0 Å². The van der Waals surface area contributed by atoms with Crippen LogP contribution in [-0.2, 0) is 22.6 Å². The number of nitrogens with one attached hydrogen (secondary N) is 1. The first-order valence-electron chi connectivity index (χ1n) is 11.3. The van der Waals surface area contributed by atoms with Crippen LogP contribution in [0, 0.1) is 6.92 Å². The number of rotatable bonds is 9. The van der Waals surface area contributed by atoms with Gasteiger partial charge in [-0.05, 0) is 61.0 Å². The summed E-state index contributed by atoms with van der Waals surface area (Å²) in [7, 11) is 1.62. The Morgan fingerprint density at radius 2 is 1.91 bits per heavy atom. The highest BCUT2D eigenvalue weighted by molar-refractivity contribution is 7.10. The van der Waals surface area contributed by atoms with Gasteiger partial charge in [-0.1, -0.05) is 31.0 Å². The first-order chi connectivity index (χ1) is 16.0. The highest BCUT2D eigenvalue weighted by Crippen LogP contribution is 2.29. The zero-order chi connectivity index (χ0) is 23.2. The van der Waals surface area contributed by atoms with E-state index in [1.165, 1.54) is 11.3 Å². The number of carbonyl (C=O) groups is 2. The summed E-state index contributed by atoms with van der Waals surface area (Å²) < 4.78 is 11.2. The summed E-state index contributed by atoms with van der Waals surface area (Å²) >= 11 is 1.54. The molecule has 2 heterocycles. The van der Waals surface area contributed by atoms with Crippen LogP contribution in [0.2, 0.25) is 0 Å². The molecule has 174 valence electrons. The van der Waals surface area contributed by atoms with Gasteiger partial charge in [-0.2, -0.15) is 0 Å². The number of aryl methyl sites for hydroxylation is 1. The number of methoxy groups -OCH3 is 1. The molecule has 1 aromatic carbocycles. The highest BCUT2D eigenvalue weighted by atomic mass is 32.1. The van der Waals surface area contributed by atoms with Crippen molar-refractivity contribution in [2.75, 3.05) is 7.11 Å². The predicted molar refractivity (Wildman–Crippen MR) is 128 cm³/mol. The van der Waals surface area contributed by atoms with Crippen molar-refractivity contribution in [2.45, 2.75) is 57.7 Å². The third-order valence-electron chi connectivity index (χ3n) is 6.03. The normalized spacial score (nSPS) is 14.7. The van der Waals surface area contributed by atoms with Crippen LogP contribution in [0.15, 0.2) is 58.3 Å². The first-order valence-corrected chi connectivity index (χ1v) is 12.2. The molecule has 1 saturated carbocycles. The molecule has 33 heavy (non-hydrogen) atoms. The van der Waals surface area contributed by atoms with E-state index in [0.717, 1.165) is 41.9 Å². The molecule has 2 aromatic heterocycles. The molecule has 3 aromatic rings. The van der Waals surface area contributed by atoms with Crippen molar-refractivity contribution in [3.63, 3.8) is 0 Å². The lowest BCUT2D eigenvalue weighted by molar-refractivity contribution is -0.142. The molecule has 1 N–H and O–H groups in total. The number of ether oxygens (including phenoxy) is 1. The number of furan rings is 1. The first kappa shape index (κ1) is 23.1. The molecule has 1 aliphatic rings. The van der Waals surface area contributed by atoms with E-state index in [9.17, 15) is 9.59 Å². The third kappa shape index (κ3) is 5.85. The molecule has 0 saturated heterocycles. The minimum atomic E-state index is -0.839. The number of hydrogen-bond donors (Lipinski definition) is 1.